The first-order valence-electron chi connectivity index (χ1n) is 11.7. The van der Waals surface area contributed by atoms with E-state index in [4.69, 9.17) is 0 Å². The molecule has 10 heteroatoms. The number of carbonyl (C=O) groups excluding carboxylic acids is 1. The molecular formula is C24H31FN6OS2. The number of anilines is 1. The third-order valence-corrected chi connectivity index (χ3v) is 7.86. The summed E-state index contributed by atoms with van der Waals surface area (Å²) in [6, 6.07) is 6.74. The van der Waals surface area contributed by atoms with E-state index in [1.54, 1.807) is 12.1 Å². The quantitative estimate of drug-likeness (QED) is 0.373. The summed E-state index contributed by atoms with van der Waals surface area (Å²) < 4.78 is 15.5. The van der Waals surface area contributed by atoms with Crippen LogP contribution < -0.4 is 5.32 Å². The molecule has 0 unspecified atom stereocenters. The highest BCUT2D eigenvalue weighted by Gasteiger charge is 2.28. The first-order chi connectivity index (χ1) is 16.5. The van der Waals surface area contributed by atoms with Crippen LogP contribution in [0.3, 0.4) is 0 Å². The molecule has 2 heterocycles. The number of carbonyl (C=O) groups is 1. The van der Waals surface area contributed by atoms with Crippen molar-refractivity contribution in [1.29, 1.82) is 0 Å². The van der Waals surface area contributed by atoms with Crippen LogP contribution in [0.4, 0.5) is 9.52 Å². The van der Waals surface area contributed by atoms with Crippen molar-refractivity contribution in [3.63, 3.8) is 0 Å². The summed E-state index contributed by atoms with van der Waals surface area (Å²) in [5, 5.41) is 15.1. The molecule has 4 rings (SSSR count). The Bertz CT molecular complexity index is 1090. The van der Waals surface area contributed by atoms with Crippen LogP contribution in [0, 0.1) is 5.82 Å². The zero-order valence-electron chi connectivity index (χ0n) is 19.8. The maximum absolute atomic E-state index is 13.2. The summed E-state index contributed by atoms with van der Waals surface area (Å²) in [6.07, 6.45) is 6.90. The van der Waals surface area contributed by atoms with Gasteiger partial charge in [0.1, 0.15) is 5.82 Å². The Morgan fingerprint density at radius 1 is 1.24 bits per heavy atom. The Morgan fingerprint density at radius 3 is 2.65 bits per heavy atom. The monoisotopic (exact) mass is 502 g/mol. The second-order valence-electron chi connectivity index (χ2n) is 8.77. The molecule has 3 aromatic rings. The summed E-state index contributed by atoms with van der Waals surface area (Å²) in [7, 11) is 4.14. The Morgan fingerprint density at radius 2 is 1.97 bits per heavy atom. The highest BCUT2D eigenvalue weighted by atomic mass is 32.2. The second-order valence-corrected chi connectivity index (χ2v) is 10.6. The van der Waals surface area contributed by atoms with Crippen LogP contribution in [0.1, 0.15) is 63.4 Å². The van der Waals surface area contributed by atoms with E-state index < -0.39 is 0 Å². The molecule has 34 heavy (non-hydrogen) atoms. The number of nitrogens with one attached hydrogen (secondary N) is 1. The largest absolute Gasteiger partial charge is 0.302 e. The lowest BCUT2D eigenvalue weighted by atomic mass is 9.95. The zero-order chi connectivity index (χ0) is 24.1. The standard InChI is InChI=1S/C24H31FN6OS2/c1-4-20(30(2)3)22-28-29-24(31(22)18-8-6-5-7-9-18)34-15-21(32)27-23-26-19(14-33-23)16-10-12-17(25)13-11-16/h10-14,18,20H,4-9,15H2,1-3H3,(H,26,27,32)/t20-/m1/s1. The Labute approximate surface area is 208 Å². The predicted octanol–water partition coefficient (Wildman–Crippen LogP) is 5.79. The Balaban J connectivity index is 1.44. The molecule has 182 valence electrons. The van der Waals surface area contributed by atoms with Crippen LogP contribution in [-0.2, 0) is 4.79 Å². The van der Waals surface area contributed by atoms with Crippen LogP contribution in [0.2, 0.25) is 0 Å². The summed E-state index contributed by atoms with van der Waals surface area (Å²) in [5.41, 5.74) is 1.52. The van der Waals surface area contributed by atoms with Crippen LogP contribution in [0.15, 0.2) is 34.8 Å². The molecule has 7 nitrogen and oxygen atoms in total. The second kappa shape index (κ2) is 11.4. The molecule has 1 aliphatic rings. The minimum absolute atomic E-state index is 0.135. The molecule has 1 N–H and O–H groups in total. The van der Waals surface area contributed by atoms with E-state index >= 15 is 0 Å². The van der Waals surface area contributed by atoms with Crippen LogP contribution in [-0.4, -0.2) is 50.4 Å². The molecule has 0 bridgehead atoms. The first kappa shape index (κ1) is 24.8. The van der Waals surface area contributed by atoms with Crippen molar-refractivity contribution < 1.29 is 9.18 Å². The van der Waals surface area contributed by atoms with E-state index in [-0.39, 0.29) is 23.5 Å². The van der Waals surface area contributed by atoms with Gasteiger partial charge in [0, 0.05) is 17.0 Å². The number of rotatable bonds is 9. The topological polar surface area (TPSA) is 75.9 Å². The number of hydrogen-bond donors (Lipinski definition) is 1. The van der Waals surface area contributed by atoms with Crippen molar-refractivity contribution >= 4 is 34.1 Å². The Kier molecular flexibility index (Phi) is 8.33. The van der Waals surface area contributed by atoms with Crippen molar-refractivity contribution in [1.82, 2.24) is 24.6 Å². The fraction of sp³-hybridized carbons (Fsp3) is 0.500. The predicted molar refractivity (Wildman–Crippen MR) is 136 cm³/mol. The molecule has 1 aliphatic carbocycles. The van der Waals surface area contributed by atoms with Crippen molar-refractivity contribution in [2.75, 3.05) is 25.2 Å². The molecule has 1 aromatic carbocycles. The van der Waals surface area contributed by atoms with Gasteiger partial charge < -0.3 is 9.88 Å². The molecule has 1 atom stereocenters. The number of thioether (sulfide) groups is 1. The SMILES string of the molecule is CC[C@H](c1nnc(SCC(=O)Nc2nc(-c3ccc(F)cc3)cs2)n1C1CCCCC1)N(C)C. The van der Waals surface area contributed by atoms with E-state index in [9.17, 15) is 9.18 Å². The zero-order valence-corrected chi connectivity index (χ0v) is 21.5. The van der Waals surface area contributed by atoms with E-state index in [2.05, 4.69) is 51.0 Å². The van der Waals surface area contributed by atoms with Gasteiger partial charge in [-0.1, -0.05) is 37.9 Å². The number of nitrogens with zero attached hydrogens (tertiary/aromatic N) is 5. The average Bonchev–Trinajstić information content (AvgIpc) is 3.46. The molecule has 0 saturated heterocycles. The molecule has 1 amide bonds. The summed E-state index contributed by atoms with van der Waals surface area (Å²) >= 11 is 2.78. The number of thiazole rings is 1. The molecule has 2 aromatic heterocycles. The average molecular weight is 503 g/mol. The number of amides is 1. The van der Waals surface area contributed by atoms with Gasteiger partial charge in [-0.3, -0.25) is 9.69 Å². The van der Waals surface area contributed by atoms with Crippen LogP contribution in [0.5, 0.6) is 0 Å². The van der Waals surface area contributed by atoms with Crippen molar-refractivity contribution in [2.45, 2.75) is 62.7 Å². The maximum Gasteiger partial charge on any atom is 0.236 e. The number of halogens is 1. The number of hydrogen-bond acceptors (Lipinski definition) is 7. The molecule has 0 aliphatic heterocycles. The van der Waals surface area contributed by atoms with Crippen molar-refractivity contribution in [2.24, 2.45) is 0 Å². The lowest BCUT2D eigenvalue weighted by Gasteiger charge is -2.29. The lowest BCUT2D eigenvalue weighted by molar-refractivity contribution is -0.113. The normalized spacial score (nSPS) is 15.6. The van der Waals surface area contributed by atoms with Gasteiger partial charge in [0.05, 0.1) is 17.5 Å². The third kappa shape index (κ3) is 5.84. The smallest absolute Gasteiger partial charge is 0.236 e. The van der Waals surface area contributed by atoms with Gasteiger partial charge in [-0.05, 0) is 57.6 Å². The molecular weight excluding hydrogens is 471 g/mol. The number of aromatic nitrogens is 4. The van der Waals surface area contributed by atoms with Gasteiger partial charge in [0.25, 0.3) is 0 Å². The van der Waals surface area contributed by atoms with Gasteiger partial charge in [0.15, 0.2) is 16.1 Å². The molecule has 0 spiro atoms. The summed E-state index contributed by atoms with van der Waals surface area (Å²) in [4.78, 5) is 19.3. The van der Waals surface area contributed by atoms with Gasteiger partial charge >= 0.3 is 0 Å². The van der Waals surface area contributed by atoms with Gasteiger partial charge in [-0.15, -0.1) is 21.5 Å². The first-order valence-corrected chi connectivity index (χ1v) is 13.6. The lowest BCUT2D eigenvalue weighted by Crippen LogP contribution is -2.26. The maximum atomic E-state index is 13.2. The molecule has 1 saturated carbocycles. The van der Waals surface area contributed by atoms with Gasteiger partial charge in [0.2, 0.25) is 5.91 Å². The minimum atomic E-state index is -0.287. The summed E-state index contributed by atoms with van der Waals surface area (Å²) in [6.45, 7) is 2.17. The van der Waals surface area contributed by atoms with Gasteiger partial charge in [-0.25, -0.2) is 9.37 Å². The number of benzene rings is 1. The fourth-order valence-corrected chi connectivity index (χ4v) is 5.99. The summed E-state index contributed by atoms with van der Waals surface area (Å²) in [5.74, 6) is 0.801. The molecule has 1 fully saturated rings. The fourth-order valence-electron chi connectivity index (χ4n) is 4.44. The Hall–Kier alpha value is -2.30. The van der Waals surface area contributed by atoms with Crippen LogP contribution >= 0.6 is 23.1 Å². The third-order valence-electron chi connectivity index (χ3n) is 6.16. The molecule has 0 radical (unpaired) electrons. The van der Waals surface area contributed by atoms with E-state index in [0.29, 0.717) is 16.9 Å². The minimum Gasteiger partial charge on any atom is -0.302 e. The van der Waals surface area contributed by atoms with Gasteiger partial charge in [-0.2, -0.15) is 0 Å². The van der Waals surface area contributed by atoms with Crippen molar-refractivity contribution in [3.05, 3.63) is 41.3 Å². The highest BCUT2D eigenvalue weighted by Crippen LogP contribution is 2.35. The van der Waals surface area contributed by atoms with E-state index in [1.165, 1.54) is 54.5 Å². The van der Waals surface area contributed by atoms with Crippen molar-refractivity contribution in [3.8, 4) is 11.3 Å². The highest BCUT2D eigenvalue weighted by molar-refractivity contribution is 7.99. The van der Waals surface area contributed by atoms with E-state index in [0.717, 1.165) is 35.8 Å². The van der Waals surface area contributed by atoms with Crippen LogP contribution in [0.25, 0.3) is 11.3 Å². The van der Waals surface area contributed by atoms with E-state index in [1.807, 2.05) is 5.38 Å².